The normalized spacial score (nSPS) is 28.0. The fraction of sp³-hybridized carbons (Fsp3) is 0.500. The Labute approximate surface area is 224 Å². The first kappa shape index (κ1) is 28.0. The first-order valence-electron chi connectivity index (χ1n) is 11.4. The molecule has 1 unspecified atom stereocenters. The minimum absolute atomic E-state index is 0.212. The van der Waals surface area contributed by atoms with Crippen molar-refractivity contribution in [2.45, 2.75) is 60.6 Å². The first-order valence-corrected chi connectivity index (χ1v) is 14.1. The molecule has 1 aliphatic carbocycles. The number of aliphatic hydroxyl groups excluding tert-OH is 1. The Hall–Kier alpha value is -1.99. The lowest BCUT2D eigenvalue weighted by Gasteiger charge is -2.26. The summed E-state index contributed by atoms with van der Waals surface area (Å²) >= 11 is 9.65. The lowest BCUT2D eigenvalue weighted by atomic mass is 10.2. The lowest BCUT2D eigenvalue weighted by molar-refractivity contribution is -0.150. The number of aliphatic hydroxyl groups is 1. The van der Waals surface area contributed by atoms with Crippen molar-refractivity contribution in [3.05, 3.63) is 63.4 Å². The van der Waals surface area contributed by atoms with Crippen LogP contribution in [0.1, 0.15) is 32.9 Å². The molecule has 2 fully saturated rings. The van der Waals surface area contributed by atoms with Crippen molar-refractivity contribution in [3.8, 4) is 5.75 Å². The third-order valence-electron chi connectivity index (χ3n) is 5.70. The molecule has 0 amide bonds. The number of esters is 1. The predicted molar refractivity (Wildman–Crippen MR) is 136 cm³/mol. The molecule has 1 saturated heterocycles. The molecule has 1 aromatic carbocycles. The van der Waals surface area contributed by atoms with Crippen LogP contribution in [-0.2, 0) is 23.4 Å². The van der Waals surface area contributed by atoms with Crippen LogP contribution in [-0.4, -0.2) is 54.9 Å². The number of nitrogens with one attached hydrogen (secondary N) is 2. The Kier molecular flexibility index (Phi) is 8.06. The molecule has 37 heavy (non-hydrogen) atoms. The molecular weight excluding hydrogens is 597 g/mol. The maximum atomic E-state index is 13.9. The van der Waals surface area contributed by atoms with Gasteiger partial charge >= 0.3 is 19.4 Å². The zero-order chi connectivity index (χ0) is 27.0. The Morgan fingerprint density at radius 2 is 2.00 bits per heavy atom. The van der Waals surface area contributed by atoms with Gasteiger partial charge in [0, 0.05) is 12.3 Å². The van der Waals surface area contributed by atoms with E-state index in [-0.39, 0.29) is 11.9 Å². The number of carbonyl (C=O) groups excluding carboxylic acids is 1. The summed E-state index contributed by atoms with van der Waals surface area (Å²) < 4.78 is 35.5. The summed E-state index contributed by atoms with van der Waals surface area (Å²) in [5.74, 6) is -0.373. The van der Waals surface area contributed by atoms with Crippen LogP contribution in [0.2, 0.25) is 0 Å². The highest BCUT2D eigenvalue weighted by Gasteiger charge is 2.58. The monoisotopic (exact) mass is 621 g/mol. The number of rotatable bonds is 10. The Morgan fingerprint density at radius 3 is 2.59 bits per heavy atom. The second kappa shape index (κ2) is 10.6. The van der Waals surface area contributed by atoms with Gasteiger partial charge in [-0.2, -0.15) is 5.09 Å². The highest BCUT2D eigenvalue weighted by molar-refractivity contribution is 9.10. The van der Waals surface area contributed by atoms with Gasteiger partial charge in [-0.1, -0.05) is 45.7 Å². The van der Waals surface area contributed by atoms with Gasteiger partial charge in [0.25, 0.3) is 5.56 Å². The Bertz CT molecular complexity index is 1300. The van der Waals surface area contributed by atoms with E-state index >= 15 is 0 Å². The first-order chi connectivity index (χ1) is 17.4. The van der Waals surface area contributed by atoms with Crippen LogP contribution in [0.15, 0.2) is 52.2 Å². The number of benzene rings is 1. The zero-order valence-corrected chi connectivity index (χ0v) is 23.1. The summed E-state index contributed by atoms with van der Waals surface area (Å²) in [5.41, 5.74) is -2.68. The van der Waals surface area contributed by atoms with Gasteiger partial charge in [0.2, 0.25) is 0 Å². The fourth-order valence-corrected chi connectivity index (χ4v) is 6.33. The van der Waals surface area contributed by atoms with Gasteiger partial charge in [0.15, 0.2) is 10.0 Å². The Morgan fingerprint density at radius 1 is 1.32 bits per heavy atom. The molecule has 202 valence electrons. The number of alkyl halides is 2. The van der Waals surface area contributed by atoms with E-state index in [9.17, 15) is 24.1 Å². The molecule has 0 bridgehead atoms. The molecular formula is C22H26BrClN3O9P. The molecule has 1 aromatic heterocycles. The highest BCUT2D eigenvalue weighted by Crippen LogP contribution is 2.54. The lowest BCUT2D eigenvalue weighted by Crippen LogP contribution is -2.42. The molecule has 1 saturated carbocycles. The number of H-pyrrole nitrogens is 1. The molecule has 4 rings (SSSR count). The van der Waals surface area contributed by atoms with Crippen molar-refractivity contribution in [1.29, 1.82) is 0 Å². The molecule has 2 aliphatic rings. The van der Waals surface area contributed by atoms with E-state index in [1.807, 2.05) is 0 Å². The third-order valence-corrected chi connectivity index (χ3v) is 8.61. The van der Waals surface area contributed by atoms with Crippen LogP contribution in [0.5, 0.6) is 5.75 Å². The number of hydrogen-bond donors (Lipinski definition) is 3. The second-order valence-electron chi connectivity index (χ2n) is 9.01. The van der Waals surface area contributed by atoms with Crippen molar-refractivity contribution in [2.24, 2.45) is 0 Å². The quantitative estimate of drug-likeness (QED) is 0.204. The molecule has 0 spiro atoms. The van der Waals surface area contributed by atoms with Crippen LogP contribution in [0.4, 0.5) is 0 Å². The maximum Gasteiger partial charge on any atom is 0.459 e. The van der Waals surface area contributed by atoms with Gasteiger partial charge in [-0.25, -0.2) is 9.36 Å². The van der Waals surface area contributed by atoms with E-state index in [1.165, 1.54) is 6.20 Å². The molecule has 2 aromatic rings. The number of para-hydroxylation sites is 1. The summed E-state index contributed by atoms with van der Waals surface area (Å²) in [6, 6.07) is 9.30. The summed E-state index contributed by atoms with van der Waals surface area (Å²) in [6.07, 6.45) is -2.40. The topological polar surface area (TPSA) is 158 Å². The minimum Gasteiger partial charge on any atom is -0.462 e. The zero-order valence-electron chi connectivity index (χ0n) is 19.8. The van der Waals surface area contributed by atoms with Crippen molar-refractivity contribution >= 4 is 41.2 Å². The number of aromatic amines is 1. The number of ether oxygens (including phenoxy) is 2. The standard InChI is InChI=1S/C22H26BrClN3O9P/c1-13(2)34-19(30)21(9-10-21)26-37(32,36-14-6-4-3-5-7-14)33-12-15-17(29)22(23,24)18(35-15)27-11-8-16(28)25-20(27)31/h3-8,11,13,15,17-18,29H,9-10,12H2,1-2H3,(H,26,32)(H,25,28,31)/t15-,17-,18-,22+,37?/m1/s1. The van der Waals surface area contributed by atoms with E-state index in [4.69, 9.17) is 30.1 Å². The van der Waals surface area contributed by atoms with Gasteiger partial charge in [-0.05, 0) is 38.8 Å². The summed E-state index contributed by atoms with van der Waals surface area (Å²) in [4.78, 5) is 38.4. The molecule has 2 heterocycles. The average Bonchev–Trinajstić information content (AvgIpc) is 3.55. The van der Waals surface area contributed by atoms with Crippen molar-refractivity contribution in [3.63, 3.8) is 0 Å². The van der Waals surface area contributed by atoms with E-state index in [1.54, 1.807) is 44.2 Å². The number of aromatic nitrogens is 2. The van der Waals surface area contributed by atoms with Crippen molar-refractivity contribution in [2.75, 3.05) is 6.61 Å². The number of nitrogens with zero attached hydrogens (tertiary/aromatic N) is 1. The van der Waals surface area contributed by atoms with Crippen molar-refractivity contribution < 1.29 is 33.0 Å². The summed E-state index contributed by atoms with van der Waals surface area (Å²) in [7, 11) is -4.24. The molecule has 5 atom stereocenters. The Balaban J connectivity index is 1.54. The van der Waals surface area contributed by atoms with E-state index in [2.05, 4.69) is 26.0 Å². The molecule has 3 N–H and O–H groups in total. The predicted octanol–water partition coefficient (Wildman–Crippen LogP) is 2.40. The molecule has 0 radical (unpaired) electrons. The van der Waals surface area contributed by atoms with Crippen molar-refractivity contribution in [1.82, 2.24) is 14.6 Å². The van der Waals surface area contributed by atoms with Crippen LogP contribution in [0.3, 0.4) is 0 Å². The SMILES string of the molecule is CC(C)OC(=O)C1(NP(=O)(OC[C@H]2O[C@@H](n3ccc(=O)[nH]c3=O)[C@](Cl)(Br)[C@@H]2O)Oc2ccccc2)CC1. The van der Waals surface area contributed by atoms with E-state index in [0.29, 0.717) is 12.8 Å². The second-order valence-corrected chi connectivity index (χ2v) is 13.1. The summed E-state index contributed by atoms with van der Waals surface area (Å²) in [6.45, 7) is 2.90. The van der Waals surface area contributed by atoms with Crippen LogP contribution < -0.4 is 20.9 Å². The maximum absolute atomic E-state index is 13.9. The molecule has 12 nitrogen and oxygen atoms in total. The number of halogens is 2. The van der Waals surface area contributed by atoms with Crippen LogP contribution in [0.25, 0.3) is 0 Å². The fourth-order valence-electron chi connectivity index (χ4n) is 3.67. The van der Waals surface area contributed by atoms with E-state index in [0.717, 1.165) is 10.6 Å². The number of carbonyl (C=O) groups is 1. The van der Waals surface area contributed by atoms with Gasteiger partial charge in [0.1, 0.15) is 23.5 Å². The van der Waals surface area contributed by atoms with Gasteiger partial charge < -0.3 is 19.1 Å². The minimum atomic E-state index is -4.24. The molecule has 15 heteroatoms. The van der Waals surface area contributed by atoms with Gasteiger partial charge in [-0.15, -0.1) is 0 Å². The number of hydrogen-bond acceptors (Lipinski definition) is 9. The van der Waals surface area contributed by atoms with E-state index < -0.39 is 59.3 Å². The van der Waals surface area contributed by atoms with Crippen LogP contribution >= 0.6 is 35.3 Å². The third kappa shape index (κ3) is 6.19. The molecule has 1 aliphatic heterocycles. The van der Waals surface area contributed by atoms with Crippen LogP contribution in [0, 0.1) is 0 Å². The summed E-state index contributed by atoms with van der Waals surface area (Å²) in [5, 5.41) is 13.5. The van der Waals surface area contributed by atoms with Gasteiger partial charge in [-0.3, -0.25) is 23.7 Å². The largest absolute Gasteiger partial charge is 0.462 e. The van der Waals surface area contributed by atoms with Gasteiger partial charge in [0.05, 0.1) is 12.7 Å². The smallest absolute Gasteiger partial charge is 0.459 e. The highest BCUT2D eigenvalue weighted by atomic mass is 79.9. The average molecular weight is 623 g/mol.